The largest absolute Gasteiger partial charge is 0.306 e. The lowest BCUT2D eigenvalue weighted by Gasteiger charge is -1.96. The maximum Gasteiger partial charge on any atom is 0.157 e. The highest BCUT2D eigenvalue weighted by molar-refractivity contribution is 7.78. The molecule has 0 amide bonds. The number of thiophene rings is 1. The van der Waals surface area contributed by atoms with E-state index in [0.29, 0.717) is 0 Å². The van der Waals surface area contributed by atoms with E-state index in [9.17, 15) is 4.21 Å². The number of hydrogen-bond acceptors (Lipinski definition) is 2. The van der Waals surface area contributed by atoms with E-state index in [4.69, 9.17) is 4.55 Å². The summed E-state index contributed by atoms with van der Waals surface area (Å²) in [6.45, 7) is 0. The van der Waals surface area contributed by atoms with Crippen molar-refractivity contribution < 1.29 is 8.76 Å². The van der Waals surface area contributed by atoms with Crippen molar-refractivity contribution >= 4 is 32.5 Å². The molecule has 1 atom stereocenters. The molecule has 0 spiro atoms. The SMILES string of the molecule is O=S(O)Cc1ccc2sccc2c1. The lowest BCUT2D eigenvalue weighted by Crippen LogP contribution is -1.91. The molecule has 0 fully saturated rings. The number of hydrogen-bond donors (Lipinski definition) is 1. The first-order valence-corrected chi connectivity index (χ1v) is 5.95. The lowest BCUT2D eigenvalue weighted by molar-refractivity contribution is 0.563. The second-order valence-corrected chi connectivity index (χ2v) is 4.64. The van der Waals surface area contributed by atoms with Gasteiger partial charge < -0.3 is 4.55 Å². The van der Waals surface area contributed by atoms with Gasteiger partial charge in [0.05, 0.1) is 5.75 Å². The molecule has 13 heavy (non-hydrogen) atoms. The van der Waals surface area contributed by atoms with Gasteiger partial charge in [-0.2, -0.15) is 0 Å². The fourth-order valence-electron chi connectivity index (χ4n) is 1.25. The van der Waals surface area contributed by atoms with Crippen LogP contribution in [0.1, 0.15) is 5.56 Å². The standard InChI is InChI=1S/C9H8O2S2/c10-13(11)6-7-1-2-9-8(5-7)3-4-12-9/h1-5H,6H2,(H,10,11). The van der Waals surface area contributed by atoms with E-state index in [1.807, 2.05) is 29.6 Å². The van der Waals surface area contributed by atoms with Crippen LogP contribution in [0.15, 0.2) is 29.6 Å². The Morgan fingerprint density at radius 1 is 1.38 bits per heavy atom. The zero-order valence-electron chi connectivity index (χ0n) is 6.77. The Balaban J connectivity index is 2.42. The van der Waals surface area contributed by atoms with E-state index in [2.05, 4.69) is 0 Å². The molecule has 0 aliphatic carbocycles. The molecule has 1 heterocycles. The average Bonchev–Trinajstić information content (AvgIpc) is 2.49. The Bertz CT molecular complexity index is 448. The van der Waals surface area contributed by atoms with Gasteiger partial charge in [0, 0.05) is 4.70 Å². The van der Waals surface area contributed by atoms with E-state index in [-0.39, 0.29) is 5.75 Å². The van der Waals surface area contributed by atoms with Crippen LogP contribution in [-0.2, 0) is 16.8 Å². The van der Waals surface area contributed by atoms with Gasteiger partial charge in [-0.25, -0.2) is 4.21 Å². The van der Waals surface area contributed by atoms with E-state index in [1.165, 1.54) is 4.70 Å². The van der Waals surface area contributed by atoms with Gasteiger partial charge in [-0.05, 0) is 34.5 Å². The van der Waals surface area contributed by atoms with Crippen molar-refractivity contribution in [2.24, 2.45) is 0 Å². The van der Waals surface area contributed by atoms with E-state index in [1.54, 1.807) is 11.3 Å². The second kappa shape index (κ2) is 3.57. The summed E-state index contributed by atoms with van der Waals surface area (Å²) >= 11 is -0.0674. The van der Waals surface area contributed by atoms with Gasteiger partial charge >= 0.3 is 0 Å². The van der Waals surface area contributed by atoms with Crippen LogP contribution in [0.25, 0.3) is 10.1 Å². The molecular weight excluding hydrogens is 204 g/mol. The van der Waals surface area contributed by atoms with Gasteiger partial charge in [-0.3, -0.25) is 0 Å². The quantitative estimate of drug-likeness (QED) is 0.777. The molecule has 1 aromatic carbocycles. The molecule has 68 valence electrons. The molecule has 1 N–H and O–H groups in total. The molecule has 2 rings (SSSR count). The Kier molecular flexibility index (Phi) is 2.44. The van der Waals surface area contributed by atoms with Gasteiger partial charge in [-0.15, -0.1) is 11.3 Å². The monoisotopic (exact) mass is 212 g/mol. The summed E-state index contributed by atoms with van der Waals surface area (Å²) in [5.41, 5.74) is 0.909. The molecule has 2 nitrogen and oxygen atoms in total. The highest BCUT2D eigenvalue weighted by Gasteiger charge is 2.00. The van der Waals surface area contributed by atoms with Crippen LogP contribution in [0.3, 0.4) is 0 Å². The normalized spacial score (nSPS) is 13.3. The third kappa shape index (κ3) is 1.96. The molecule has 0 aliphatic rings. The van der Waals surface area contributed by atoms with Crippen LogP contribution in [0, 0.1) is 0 Å². The molecule has 2 aromatic rings. The Morgan fingerprint density at radius 2 is 2.23 bits per heavy atom. The first kappa shape index (κ1) is 8.87. The van der Waals surface area contributed by atoms with E-state index < -0.39 is 11.1 Å². The highest BCUT2D eigenvalue weighted by Crippen LogP contribution is 2.22. The topological polar surface area (TPSA) is 37.3 Å². The minimum Gasteiger partial charge on any atom is -0.306 e. The van der Waals surface area contributed by atoms with Gasteiger partial charge in [0.25, 0.3) is 0 Å². The number of rotatable bonds is 2. The Labute approximate surface area is 82.5 Å². The van der Waals surface area contributed by atoms with Crippen LogP contribution in [0.2, 0.25) is 0 Å². The van der Waals surface area contributed by atoms with Crippen molar-refractivity contribution in [3.63, 3.8) is 0 Å². The summed E-state index contributed by atoms with van der Waals surface area (Å²) < 4.78 is 20.5. The van der Waals surface area contributed by atoms with Crippen molar-refractivity contribution in [3.05, 3.63) is 35.2 Å². The highest BCUT2D eigenvalue weighted by atomic mass is 32.2. The predicted octanol–water partition coefficient (Wildman–Crippen LogP) is 2.62. The Hall–Kier alpha value is -0.710. The third-order valence-corrected chi connectivity index (χ3v) is 3.29. The number of fused-ring (bicyclic) bond motifs is 1. The van der Waals surface area contributed by atoms with Gasteiger partial charge in [0.2, 0.25) is 0 Å². The first-order valence-electron chi connectivity index (χ1n) is 3.79. The minimum absolute atomic E-state index is 0.214. The summed E-state index contributed by atoms with van der Waals surface area (Å²) in [7, 11) is 0. The van der Waals surface area contributed by atoms with Crippen molar-refractivity contribution in [2.75, 3.05) is 0 Å². The fraction of sp³-hybridized carbons (Fsp3) is 0.111. The maximum absolute atomic E-state index is 10.6. The second-order valence-electron chi connectivity index (χ2n) is 2.76. The molecule has 0 saturated carbocycles. The average molecular weight is 212 g/mol. The zero-order valence-corrected chi connectivity index (χ0v) is 8.40. The molecule has 0 saturated heterocycles. The van der Waals surface area contributed by atoms with Gasteiger partial charge in [0.1, 0.15) is 0 Å². The third-order valence-electron chi connectivity index (χ3n) is 1.81. The first-order chi connectivity index (χ1) is 6.25. The van der Waals surface area contributed by atoms with Crippen LogP contribution < -0.4 is 0 Å². The van der Waals surface area contributed by atoms with Crippen LogP contribution in [0.5, 0.6) is 0 Å². The smallest absolute Gasteiger partial charge is 0.157 e. The van der Waals surface area contributed by atoms with E-state index in [0.717, 1.165) is 10.9 Å². The summed E-state index contributed by atoms with van der Waals surface area (Å²) in [5.74, 6) is 0.214. The number of benzene rings is 1. The molecule has 1 aromatic heterocycles. The van der Waals surface area contributed by atoms with Gasteiger partial charge in [0.15, 0.2) is 11.1 Å². The van der Waals surface area contributed by atoms with E-state index >= 15 is 0 Å². The zero-order chi connectivity index (χ0) is 9.26. The summed E-state index contributed by atoms with van der Waals surface area (Å²) in [5, 5.41) is 3.16. The maximum atomic E-state index is 10.6. The molecular formula is C9H8O2S2. The van der Waals surface area contributed by atoms with Crippen molar-refractivity contribution in [3.8, 4) is 0 Å². The Morgan fingerprint density at radius 3 is 3.00 bits per heavy atom. The van der Waals surface area contributed by atoms with Crippen LogP contribution >= 0.6 is 11.3 Å². The molecule has 0 aliphatic heterocycles. The molecule has 0 radical (unpaired) electrons. The summed E-state index contributed by atoms with van der Waals surface area (Å²) in [6.07, 6.45) is 0. The van der Waals surface area contributed by atoms with Crippen molar-refractivity contribution in [1.82, 2.24) is 0 Å². The van der Waals surface area contributed by atoms with Gasteiger partial charge in [-0.1, -0.05) is 6.07 Å². The van der Waals surface area contributed by atoms with Crippen LogP contribution in [-0.4, -0.2) is 8.76 Å². The van der Waals surface area contributed by atoms with Crippen molar-refractivity contribution in [2.45, 2.75) is 5.75 Å². The molecule has 4 heteroatoms. The van der Waals surface area contributed by atoms with Crippen LogP contribution in [0.4, 0.5) is 0 Å². The predicted molar refractivity (Wildman–Crippen MR) is 56.3 cm³/mol. The lowest BCUT2D eigenvalue weighted by atomic mass is 10.2. The molecule has 0 bridgehead atoms. The summed E-state index contributed by atoms with van der Waals surface area (Å²) in [4.78, 5) is 0. The minimum atomic E-state index is -1.74. The summed E-state index contributed by atoms with van der Waals surface area (Å²) in [6, 6.07) is 7.86. The molecule has 1 unspecified atom stereocenters. The fourth-order valence-corrected chi connectivity index (χ4v) is 2.48. The van der Waals surface area contributed by atoms with Crippen molar-refractivity contribution in [1.29, 1.82) is 0 Å².